The van der Waals surface area contributed by atoms with Crippen LogP contribution < -0.4 is 14.8 Å². The summed E-state index contributed by atoms with van der Waals surface area (Å²) < 4.78 is 35.3. The molecule has 3 heterocycles. The SMILES string of the molecule is O=C(Nc1ccc2c(c1)OCCO2)OCC1CC1CN1CCC(c2noc3cc(F)ccc23)CC1. The smallest absolute Gasteiger partial charge is 0.411 e. The first-order valence-corrected chi connectivity index (χ1v) is 12.2. The van der Waals surface area contributed by atoms with Crippen molar-refractivity contribution in [3.8, 4) is 11.5 Å². The van der Waals surface area contributed by atoms with Crippen LogP contribution in [0.2, 0.25) is 0 Å². The van der Waals surface area contributed by atoms with Gasteiger partial charge in [-0.2, -0.15) is 0 Å². The fraction of sp³-hybridized carbons (Fsp3) is 0.462. The second-order valence-corrected chi connectivity index (χ2v) is 9.62. The molecular weight excluding hydrogens is 453 g/mol. The minimum Gasteiger partial charge on any atom is -0.486 e. The van der Waals surface area contributed by atoms with Crippen molar-refractivity contribution in [2.75, 3.05) is 44.8 Å². The van der Waals surface area contributed by atoms with Gasteiger partial charge in [0.15, 0.2) is 17.1 Å². The number of ether oxygens (including phenoxy) is 3. The van der Waals surface area contributed by atoms with Gasteiger partial charge >= 0.3 is 6.09 Å². The number of nitrogens with zero attached hydrogens (tertiary/aromatic N) is 2. The Morgan fingerprint density at radius 1 is 1.09 bits per heavy atom. The monoisotopic (exact) mass is 481 g/mol. The van der Waals surface area contributed by atoms with E-state index in [-0.39, 0.29) is 5.82 Å². The molecule has 2 unspecified atom stereocenters. The van der Waals surface area contributed by atoms with Gasteiger partial charge in [0.2, 0.25) is 0 Å². The molecule has 1 saturated carbocycles. The van der Waals surface area contributed by atoms with E-state index in [0.717, 1.165) is 50.0 Å². The highest BCUT2D eigenvalue weighted by Crippen LogP contribution is 2.41. The fourth-order valence-corrected chi connectivity index (χ4v) is 5.14. The van der Waals surface area contributed by atoms with Gasteiger partial charge in [-0.3, -0.25) is 5.32 Å². The second kappa shape index (κ2) is 9.37. The zero-order chi connectivity index (χ0) is 23.8. The lowest BCUT2D eigenvalue weighted by molar-refractivity contribution is 0.149. The molecule has 1 saturated heterocycles. The molecule has 2 aromatic carbocycles. The van der Waals surface area contributed by atoms with Crippen LogP contribution in [0.4, 0.5) is 14.9 Å². The molecule has 1 aromatic heterocycles. The van der Waals surface area contributed by atoms with E-state index >= 15 is 0 Å². The number of fused-ring (bicyclic) bond motifs is 2. The van der Waals surface area contributed by atoms with Crippen molar-refractivity contribution in [3.05, 3.63) is 47.9 Å². The summed E-state index contributed by atoms with van der Waals surface area (Å²) in [5.74, 6) is 2.31. The summed E-state index contributed by atoms with van der Waals surface area (Å²) >= 11 is 0. The topological polar surface area (TPSA) is 86.1 Å². The lowest BCUT2D eigenvalue weighted by Gasteiger charge is -2.31. The van der Waals surface area contributed by atoms with E-state index in [9.17, 15) is 9.18 Å². The minimum absolute atomic E-state index is 0.307. The molecule has 1 aliphatic carbocycles. The molecule has 8 nitrogen and oxygen atoms in total. The number of aromatic nitrogens is 1. The van der Waals surface area contributed by atoms with Gasteiger partial charge in [-0.1, -0.05) is 5.16 Å². The number of likely N-dealkylation sites (tertiary alicyclic amines) is 1. The number of nitrogens with one attached hydrogen (secondary N) is 1. The van der Waals surface area contributed by atoms with Gasteiger partial charge in [-0.05, 0) is 68.5 Å². The maximum Gasteiger partial charge on any atom is 0.411 e. The van der Waals surface area contributed by atoms with Gasteiger partial charge in [0, 0.05) is 35.7 Å². The number of halogens is 1. The molecule has 3 aliphatic rings. The van der Waals surface area contributed by atoms with E-state index in [0.29, 0.717) is 60.3 Å². The van der Waals surface area contributed by atoms with E-state index in [1.54, 1.807) is 24.3 Å². The lowest BCUT2D eigenvalue weighted by Crippen LogP contribution is -2.35. The fourth-order valence-electron chi connectivity index (χ4n) is 5.14. The molecule has 1 N–H and O–H groups in total. The van der Waals surface area contributed by atoms with E-state index in [1.807, 2.05) is 0 Å². The molecule has 2 aliphatic heterocycles. The van der Waals surface area contributed by atoms with E-state index in [4.69, 9.17) is 18.7 Å². The van der Waals surface area contributed by atoms with Gasteiger partial charge in [0.05, 0.1) is 12.3 Å². The van der Waals surface area contributed by atoms with Crippen LogP contribution in [0.1, 0.15) is 30.9 Å². The number of amides is 1. The number of carbonyl (C=O) groups excluding carboxylic acids is 1. The maximum absolute atomic E-state index is 13.4. The molecule has 9 heteroatoms. The third kappa shape index (κ3) is 4.91. The largest absolute Gasteiger partial charge is 0.486 e. The zero-order valence-corrected chi connectivity index (χ0v) is 19.4. The predicted octanol–water partition coefficient (Wildman–Crippen LogP) is 4.80. The molecule has 1 amide bonds. The highest BCUT2D eigenvalue weighted by molar-refractivity contribution is 5.85. The number of hydrogen-bond acceptors (Lipinski definition) is 7. The Bertz CT molecular complexity index is 1220. The molecule has 0 bridgehead atoms. The maximum atomic E-state index is 13.4. The Labute approximate surface area is 202 Å². The van der Waals surface area contributed by atoms with Crippen molar-refractivity contribution in [1.82, 2.24) is 10.1 Å². The molecule has 2 fully saturated rings. The van der Waals surface area contributed by atoms with Gasteiger partial charge in [0.25, 0.3) is 0 Å². The quantitative estimate of drug-likeness (QED) is 0.541. The Balaban J connectivity index is 0.928. The molecule has 6 rings (SSSR count). The molecule has 3 aromatic rings. The Morgan fingerprint density at radius 3 is 2.77 bits per heavy atom. The minimum atomic E-state index is -0.451. The first-order chi connectivity index (χ1) is 17.1. The van der Waals surface area contributed by atoms with Crippen molar-refractivity contribution in [1.29, 1.82) is 0 Å². The number of benzene rings is 2. The summed E-state index contributed by atoms with van der Waals surface area (Å²) in [6, 6.07) is 9.94. The van der Waals surface area contributed by atoms with Gasteiger partial charge in [-0.25, -0.2) is 9.18 Å². The standard InChI is InChI=1S/C26H28FN3O5/c27-19-1-3-21-23(12-19)35-29-25(21)16-5-7-30(8-6-16)14-17-11-18(17)15-34-26(31)28-20-2-4-22-24(13-20)33-10-9-32-22/h1-4,12-13,16-18H,5-11,14-15H2,(H,28,31). The van der Waals surface area contributed by atoms with E-state index < -0.39 is 6.09 Å². The highest BCUT2D eigenvalue weighted by Gasteiger charge is 2.40. The van der Waals surface area contributed by atoms with Crippen LogP contribution in [0.3, 0.4) is 0 Å². The van der Waals surface area contributed by atoms with Crippen LogP contribution >= 0.6 is 0 Å². The predicted molar refractivity (Wildman–Crippen MR) is 126 cm³/mol. The van der Waals surface area contributed by atoms with Gasteiger partial charge in [0.1, 0.15) is 19.0 Å². The second-order valence-electron chi connectivity index (χ2n) is 9.62. The van der Waals surface area contributed by atoms with Crippen molar-refractivity contribution in [2.24, 2.45) is 11.8 Å². The molecular formula is C26H28FN3O5. The lowest BCUT2D eigenvalue weighted by atomic mass is 9.91. The average Bonchev–Trinajstić information content (AvgIpc) is 3.48. The molecule has 2 atom stereocenters. The molecule has 0 radical (unpaired) electrons. The highest BCUT2D eigenvalue weighted by atomic mass is 19.1. The van der Waals surface area contributed by atoms with Crippen molar-refractivity contribution >= 4 is 22.7 Å². The third-order valence-electron chi connectivity index (χ3n) is 7.22. The van der Waals surface area contributed by atoms with Crippen molar-refractivity contribution < 1.29 is 27.9 Å². The summed E-state index contributed by atoms with van der Waals surface area (Å²) in [4.78, 5) is 14.7. The van der Waals surface area contributed by atoms with E-state index in [1.165, 1.54) is 12.1 Å². The van der Waals surface area contributed by atoms with Crippen LogP contribution in [0.15, 0.2) is 40.9 Å². The van der Waals surface area contributed by atoms with Crippen LogP contribution in [0, 0.1) is 17.7 Å². The van der Waals surface area contributed by atoms with Crippen LogP contribution in [0.25, 0.3) is 11.0 Å². The number of hydrogen-bond donors (Lipinski definition) is 1. The summed E-state index contributed by atoms with van der Waals surface area (Å²) in [6.45, 7) is 4.47. The Morgan fingerprint density at radius 2 is 1.91 bits per heavy atom. The number of carbonyl (C=O) groups is 1. The van der Waals surface area contributed by atoms with Gasteiger partial charge in [-0.15, -0.1) is 0 Å². The zero-order valence-electron chi connectivity index (χ0n) is 19.4. The summed E-state index contributed by atoms with van der Waals surface area (Å²) in [7, 11) is 0. The molecule has 35 heavy (non-hydrogen) atoms. The van der Waals surface area contributed by atoms with E-state index in [2.05, 4.69) is 15.4 Å². The number of rotatable bonds is 6. The summed E-state index contributed by atoms with van der Waals surface area (Å²) in [5, 5.41) is 7.91. The van der Waals surface area contributed by atoms with Crippen LogP contribution in [-0.2, 0) is 4.74 Å². The van der Waals surface area contributed by atoms with Crippen molar-refractivity contribution in [3.63, 3.8) is 0 Å². The summed E-state index contributed by atoms with van der Waals surface area (Å²) in [5.41, 5.74) is 2.09. The molecule has 0 spiro atoms. The Kier molecular flexibility index (Phi) is 5.93. The first kappa shape index (κ1) is 22.2. The van der Waals surface area contributed by atoms with Crippen molar-refractivity contribution in [2.45, 2.75) is 25.2 Å². The Hall–Kier alpha value is -3.33. The molecule has 184 valence electrons. The average molecular weight is 482 g/mol. The van der Waals surface area contributed by atoms with Crippen LogP contribution in [0.5, 0.6) is 11.5 Å². The number of piperidine rings is 1. The van der Waals surface area contributed by atoms with Crippen LogP contribution in [-0.4, -0.2) is 55.6 Å². The third-order valence-corrected chi connectivity index (χ3v) is 7.22. The normalized spacial score (nSPS) is 22.2. The number of anilines is 1. The van der Waals surface area contributed by atoms with Gasteiger partial charge < -0.3 is 23.6 Å². The summed E-state index contributed by atoms with van der Waals surface area (Å²) in [6.07, 6.45) is 2.64. The first-order valence-electron chi connectivity index (χ1n) is 12.2.